The summed E-state index contributed by atoms with van der Waals surface area (Å²) in [5.41, 5.74) is 6.43. The molecule has 2 N–H and O–H groups in total. The molecule has 0 saturated carbocycles. The van der Waals surface area contributed by atoms with Crippen LogP contribution in [0.2, 0.25) is 0 Å². The normalized spacial score (nSPS) is 9.22. The molecule has 0 spiro atoms. The predicted octanol–water partition coefficient (Wildman–Crippen LogP) is 1.28. The monoisotopic (exact) mass is 129 g/mol. The van der Waals surface area contributed by atoms with Crippen LogP contribution in [0.4, 0.5) is 0 Å². The molecule has 0 aliphatic rings. The van der Waals surface area contributed by atoms with E-state index < -0.39 is 0 Å². The average molecular weight is 129 g/mol. The molecule has 0 radical (unpaired) electrons. The van der Waals surface area contributed by atoms with Crippen molar-refractivity contribution in [1.82, 2.24) is 0 Å². The topological polar surface area (TPSA) is 35.2 Å². The summed E-state index contributed by atoms with van der Waals surface area (Å²) in [6.45, 7) is 5.21. The summed E-state index contributed by atoms with van der Waals surface area (Å²) in [4.78, 5) is 0. The first-order chi connectivity index (χ1) is 4.27. The Morgan fingerprint density at radius 1 is 1.56 bits per heavy atom. The second-order valence-corrected chi connectivity index (χ2v) is 2.15. The molecule has 0 amide bonds. The van der Waals surface area contributed by atoms with Crippen LogP contribution < -0.4 is 5.73 Å². The summed E-state index contributed by atoms with van der Waals surface area (Å²) < 4.78 is 4.92. The van der Waals surface area contributed by atoms with Gasteiger partial charge in [-0.25, -0.2) is 0 Å². The smallest absolute Gasteiger partial charge is 0.0940 e. The van der Waals surface area contributed by atoms with Gasteiger partial charge in [0.2, 0.25) is 0 Å². The Kier molecular flexibility index (Phi) is 5.57. The van der Waals surface area contributed by atoms with Gasteiger partial charge in [0.15, 0.2) is 0 Å². The minimum Gasteiger partial charge on any atom is -0.366 e. The van der Waals surface area contributed by atoms with Gasteiger partial charge in [-0.15, -0.1) is 0 Å². The van der Waals surface area contributed by atoms with E-state index in [0.29, 0.717) is 6.73 Å². The van der Waals surface area contributed by atoms with Crippen molar-refractivity contribution < 1.29 is 4.74 Å². The van der Waals surface area contributed by atoms with E-state index in [4.69, 9.17) is 10.5 Å². The van der Waals surface area contributed by atoms with Crippen LogP contribution in [-0.2, 0) is 4.74 Å². The Morgan fingerprint density at radius 3 is 2.67 bits per heavy atom. The zero-order chi connectivity index (χ0) is 7.11. The third kappa shape index (κ3) is 7.66. The maximum atomic E-state index is 5.10. The molecular weight excluding hydrogens is 114 g/mol. The number of hydrogen-bond acceptors (Lipinski definition) is 2. The van der Waals surface area contributed by atoms with E-state index >= 15 is 0 Å². The minimum atomic E-state index is 0.330. The standard InChI is InChI=1S/C7H15NO/c1-7(2)4-3-5-9-6-8/h4H,3,5-6,8H2,1-2H3. The summed E-state index contributed by atoms with van der Waals surface area (Å²) in [6, 6.07) is 0. The van der Waals surface area contributed by atoms with Crippen molar-refractivity contribution in [3.05, 3.63) is 11.6 Å². The lowest BCUT2D eigenvalue weighted by molar-refractivity contribution is 0.145. The maximum absolute atomic E-state index is 5.10. The maximum Gasteiger partial charge on any atom is 0.0940 e. The third-order valence-electron chi connectivity index (χ3n) is 0.933. The van der Waals surface area contributed by atoms with E-state index in [-0.39, 0.29) is 0 Å². The van der Waals surface area contributed by atoms with Gasteiger partial charge in [-0.3, -0.25) is 0 Å². The van der Waals surface area contributed by atoms with Crippen molar-refractivity contribution in [3.63, 3.8) is 0 Å². The molecule has 0 heterocycles. The van der Waals surface area contributed by atoms with Gasteiger partial charge in [-0.2, -0.15) is 0 Å². The lowest BCUT2D eigenvalue weighted by atomic mass is 10.3. The van der Waals surface area contributed by atoms with Crippen LogP contribution >= 0.6 is 0 Å². The molecule has 0 aromatic rings. The summed E-state index contributed by atoms with van der Waals surface area (Å²) in [5, 5.41) is 0. The van der Waals surface area contributed by atoms with Crippen LogP contribution in [0.3, 0.4) is 0 Å². The molecule has 0 aromatic heterocycles. The van der Waals surface area contributed by atoms with Gasteiger partial charge in [0.25, 0.3) is 0 Å². The van der Waals surface area contributed by atoms with Crippen molar-refractivity contribution >= 4 is 0 Å². The molecule has 2 nitrogen and oxygen atoms in total. The lowest BCUT2D eigenvalue weighted by Crippen LogP contribution is -2.04. The zero-order valence-corrected chi connectivity index (χ0v) is 6.18. The van der Waals surface area contributed by atoms with Crippen LogP contribution in [-0.4, -0.2) is 13.3 Å². The first kappa shape index (κ1) is 8.66. The summed E-state index contributed by atoms with van der Waals surface area (Å²) in [5.74, 6) is 0. The molecule has 0 rings (SSSR count). The van der Waals surface area contributed by atoms with Crippen molar-refractivity contribution in [3.8, 4) is 0 Å². The summed E-state index contributed by atoms with van der Waals surface area (Å²) in [6.07, 6.45) is 3.11. The molecule has 0 aliphatic heterocycles. The Hall–Kier alpha value is -0.340. The van der Waals surface area contributed by atoms with Crippen LogP contribution in [0.5, 0.6) is 0 Å². The van der Waals surface area contributed by atoms with Crippen molar-refractivity contribution in [2.45, 2.75) is 20.3 Å². The van der Waals surface area contributed by atoms with E-state index in [1.165, 1.54) is 5.57 Å². The molecule has 0 bridgehead atoms. The van der Waals surface area contributed by atoms with E-state index in [1.807, 2.05) is 0 Å². The van der Waals surface area contributed by atoms with Crippen LogP contribution in [0.25, 0.3) is 0 Å². The zero-order valence-electron chi connectivity index (χ0n) is 6.18. The molecule has 0 saturated heterocycles. The van der Waals surface area contributed by atoms with Gasteiger partial charge in [-0.1, -0.05) is 11.6 Å². The molecule has 9 heavy (non-hydrogen) atoms. The highest BCUT2D eigenvalue weighted by atomic mass is 16.5. The largest absolute Gasteiger partial charge is 0.366 e. The minimum absolute atomic E-state index is 0.330. The second kappa shape index (κ2) is 5.79. The molecule has 0 atom stereocenters. The SMILES string of the molecule is CC(C)=CCCOCN. The van der Waals surface area contributed by atoms with Crippen LogP contribution in [0, 0.1) is 0 Å². The Labute approximate surface area is 56.7 Å². The van der Waals surface area contributed by atoms with Gasteiger partial charge in [0, 0.05) is 0 Å². The second-order valence-electron chi connectivity index (χ2n) is 2.15. The van der Waals surface area contributed by atoms with Gasteiger partial charge < -0.3 is 10.5 Å². The molecule has 2 heteroatoms. The number of hydrogen-bond donors (Lipinski definition) is 1. The van der Waals surface area contributed by atoms with Crippen molar-refractivity contribution in [2.75, 3.05) is 13.3 Å². The summed E-state index contributed by atoms with van der Waals surface area (Å²) >= 11 is 0. The molecule has 0 aromatic carbocycles. The average Bonchev–Trinajstić information content (AvgIpc) is 1.80. The number of ether oxygens (including phenoxy) is 1. The third-order valence-corrected chi connectivity index (χ3v) is 0.933. The lowest BCUT2D eigenvalue weighted by Gasteiger charge is -1.95. The van der Waals surface area contributed by atoms with Crippen LogP contribution in [0.15, 0.2) is 11.6 Å². The van der Waals surface area contributed by atoms with E-state index in [2.05, 4.69) is 19.9 Å². The number of rotatable bonds is 4. The van der Waals surface area contributed by atoms with Gasteiger partial charge in [0.1, 0.15) is 0 Å². The van der Waals surface area contributed by atoms with Gasteiger partial charge in [0.05, 0.1) is 13.3 Å². The predicted molar refractivity (Wildman–Crippen MR) is 39.1 cm³/mol. The molecule has 0 aliphatic carbocycles. The van der Waals surface area contributed by atoms with Gasteiger partial charge >= 0.3 is 0 Å². The highest BCUT2D eigenvalue weighted by Gasteiger charge is 1.80. The Balaban J connectivity index is 3.00. The van der Waals surface area contributed by atoms with Gasteiger partial charge in [-0.05, 0) is 20.3 Å². The highest BCUT2D eigenvalue weighted by molar-refractivity contribution is 4.92. The Bertz CT molecular complexity index is 84.9. The van der Waals surface area contributed by atoms with E-state index in [0.717, 1.165) is 13.0 Å². The molecule has 54 valence electrons. The van der Waals surface area contributed by atoms with Crippen LogP contribution in [0.1, 0.15) is 20.3 Å². The fourth-order valence-corrected chi connectivity index (χ4v) is 0.514. The summed E-state index contributed by atoms with van der Waals surface area (Å²) in [7, 11) is 0. The fourth-order valence-electron chi connectivity index (χ4n) is 0.514. The number of nitrogens with two attached hydrogens (primary N) is 1. The van der Waals surface area contributed by atoms with Crippen molar-refractivity contribution in [2.24, 2.45) is 5.73 Å². The van der Waals surface area contributed by atoms with E-state index in [9.17, 15) is 0 Å². The number of allylic oxidation sites excluding steroid dienone is 1. The van der Waals surface area contributed by atoms with Crippen molar-refractivity contribution in [1.29, 1.82) is 0 Å². The molecule has 0 fully saturated rings. The first-order valence-electron chi connectivity index (χ1n) is 3.18. The highest BCUT2D eigenvalue weighted by Crippen LogP contribution is 1.91. The molecular formula is C7H15NO. The quantitative estimate of drug-likeness (QED) is 0.352. The molecule has 0 unspecified atom stereocenters. The van der Waals surface area contributed by atoms with E-state index in [1.54, 1.807) is 0 Å². The first-order valence-corrected chi connectivity index (χ1v) is 3.18. The fraction of sp³-hybridized carbons (Fsp3) is 0.714. The Morgan fingerprint density at radius 2 is 2.22 bits per heavy atom.